The highest BCUT2D eigenvalue weighted by molar-refractivity contribution is 5.93. The molecule has 1 amide bonds. The molecule has 9 nitrogen and oxygen atoms in total. The van der Waals surface area contributed by atoms with Crippen LogP contribution in [0.2, 0.25) is 0 Å². The van der Waals surface area contributed by atoms with Crippen LogP contribution >= 0.6 is 0 Å². The molecule has 0 aliphatic carbocycles. The highest BCUT2D eigenvalue weighted by atomic mass is 19.3. The van der Waals surface area contributed by atoms with E-state index in [1.807, 2.05) is 6.07 Å². The number of anilines is 1. The molecule has 0 aliphatic rings. The number of nitrogens with two attached hydrogens (primary N) is 1. The summed E-state index contributed by atoms with van der Waals surface area (Å²) in [5.74, 6) is -0.453. The number of amides is 1. The van der Waals surface area contributed by atoms with Crippen LogP contribution in [-0.2, 0) is 6.54 Å². The molecule has 0 aliphatic heterocycles. The number of nitrogens with zero attached hydrogens (tertiary/aromatic N) is 3. The number of halogens is 2. The molecule has 0 saturated heterocycles. The number of benzene rings is 2. The summed E-state index contributed by atoms with van der Waals surface area (Å²) in [6.45, 7) is -2.91. The van der Waals surface area contributed by atoms with Gasteiger partial charge in [-0.1, -0.05) is 30.3 Å². The quantitative estimate of drug-likeness (QED) is 0.344. The summed E-state index contributed by atoms with van der Waals surface area (Å²) in [4.78, 5) is 12.3. The third-order valence-electron chi connectivity index (χ3n) is 4.36. The number of hydrogen-bond donors (Lipinski definition) is 3. The van der Waals surface area contributed by atoms with Crippen LogP contribution in [0.4, 0.5) is 14.6 Å². The van der Waals surface area contributed by atoms with Crippen molar-refractivity contribution in [1.29, 1.82) is 0 Å². The van der Waals surface area contributed by atoms with Crippen molar-refractivity contribution >= 4 is 17.9 Å². The number of rotatable bonds is 9. The Bertz CT molecular complexity index is 1090. The van der Waals surface area contributed by atoms with E-state index in [1.165, 1.54) is 42.3 Å². The molecule has 3 aromatic rings. The van der Waals surface area contributed by atoms with E-state index < -0.39 is 18.6 Å². The van der Waals surface area contributed by atoms with Gasteiger partial charge in [0.25, 0.3) is 5.91 Å². The first-order valence-corrected chi connectivity index (χ1v) is 9.40. The predicted molar refractivity (Wildman–Crippen MR) is 113 cm³/mol. The number of aromatic nitrogens is 2. The molecule has 1 heterocycles. The van der Waals surface area contributed by atoms with Gasteiger partial charge >= 0.3 is 6.61 Å². The van der Waals surface area contributed by atoms with E-state index in [1.54, 1.807) is 24.3 Å². The van der Waals surface area contributed by atoms with Crippen molar-refractivity contribution in [2.75, 3.05) is 12.8 Å². The molecule has 0 saturated carbocycles. The van der Waals surface area contributed by atoms with Crippen LogP contribution in [-0.4, -0.2) is 40.7 Å². The van der Waals surface area contributed by atoms with Crippen molar-refractivity contribution in [1.82, 2.24) is 15.2 Å². The van der Waals surface area contributed by atoms with Crippen molar-refractivity contribution in [2.45, 2.75) is 19.3 Å². The van der Waals surface area contributed by atoms with Gasteiger partial charge in [0.1, 0.15) is 5.82 Å². The number of hydrogen-bond acceptors (Lipinski definition) is 7. The van der Waals surface area contributed by atoms with E-state index in [2.05, 4.69) is 20.4 Å². The number of aliphatic hydroxyl groups excluding tert-OH is 1. The number of alkyl halides is 2. The summed E-state index contributed by atoms with van der Waals surface area (Å²) in [6, 6.07) is 14.5. The van der Waals surface area contributed by atoms with E-state index in [0.29, 0.717) is 11.1 Å². The van der Waals surface area contributed by atoms with Crippen LogP contribution in [0.15, 0.2) is 59.7 Å². The lowest BCUT2D eigenvalue weighted by atomic mass is 10.1. The fraction of sp³-hybridized carbons (Fsp3) is 0.190. The van der Waals surface area contributed by atoms with Gasteiger partial charge in [0, 0.05) is 6.07 Å². The second-order valence-corrected chi connectivity index (χ2v) is 6.55. The van der Waals surface area contributed by atoms with E-state index >= 15 is 0 Å². The second-order valence-electron chi connectivity index (χ2n) is 6.55. The minimum absolute atomic E-state index is 0.0122. The van der Waals surface area contributed by atoms with Gasteiger partial charge in [-0.2, -0.15) is 19.0 Å². The largest absolute Gasteiger partial charge is 0.493 e. The van der Waals surface area contributed by atoms with Crippen LogP contribution in [0, 0.1) is 0 Å². The lowest BCUT2D eigenvalue weighted by molar-refractivity contribution is -0.0512. The molecule has 1 unspecified atom stereocenters. The number of nitrogens with one attached hydrogen (secondary N) is 1. The molecule has 32 heavy (non-hydrogen) atoms. The monoisotopic (exact) mass is 445 g/mol. The van der Waals surface area contributed by atoms with Crippen LogP contribution in [0.5, 0.6) is 11.5 Å². The number of aliphatic hydroxyl groups is 1. The molecule has 1 atom stereocenters. The molecule has 2 aromatic carbocycles. The Morgan fingerprint density at radius 3 is 2.69 bits per heavy atom. The maximum Gasteiger partial charge on any atom is 0.387 e. The molecule has 11 heteroatoms. The van der Waals surface area contributed by atoms with Crippen molar-refractivity contribution in [3.63, 3.8) is 0 Å². The minimum Gasteiger partial charge on any atom is -0.493 e. The van der Waals surface area contributed by atoms with E-state index in [-0.39, 0.29) is 29.6 Å². The van der Waals surface area contributed by atoms with Gasteiger partial charge in [-0.3, -0.25) is 4.79 Å². The molecule has 0 spiro atoms. The van der Waals surface area contributed by atoms with Gasteiger partial charge in [0.05, 0.1) is 26.0 Å². The Morgan fingerprint density at radius 2 is 2.00 bits per heavy atom. The van der Waals surface area contributed by atoms with Crippen molar-refractivity contribution in [3.8, 4) is 11.5 Å². The Kier molecular flexibility index (Phi) is 7.34. The zero-order valence-corrected chi connectivity index (χ0v) is 17.0. The summed E-state index contributed by atoms with van der Waals surface area (Å²) in [7, 11) is 1.31. The number of carbonyl (C=O) groups excluding carboxylic acids is 1. The van der Waals surface area contributed by atoms with Gasteiger partial charge in [-0.05, 0) is 29.3 Å². The lowest BCUT2D eigenvalue weighted by Gasteiger charge is -2.11. The summed E-state index contributed by atoms with van der Waals surface area (Å²) in [5, 5.41) is 18.3. The number of hydrazone groups is 1. The highest BCUT2D eigenvalue weighted by Crippen LogP contribution is 2.28. The maximum absolute atomic E-state index is 12.4. The molecule has 0 fully saturated rings. The van der Waals surface area contributed by atoms with Crippen LogP contribution in [0.3, 0.4) is 0 Å². The van der Waals surface area contributed by atoms with Crippen molar-refractivity contribution in [3.05, 3.63) is 71.4 Å². The fourth-order valence-corrected chi connectivity index (χ4v) is 2.81. The average molecular weight is 445 g/mol. The topological polar surface area (TPSA) is 124 Å². The first kappa shape index (κ1) is 22.7. The predicted octanol–water partition coefficient (Wildman–Crippen LogP) is 2.57. The second kappa shape index (κ2) is 10.4. The lowest BCUT2D eigenvalue weighted by Crippen LogP contribution is -2.19. The molecule has 1 aromatic heterocycles. The molecular weight excluding hydrogens is 424 g/mol. The van der Waals surface area contributed by atoms with Crippen molar-refractivity contribution < 1.29 is 28.2 Å². The Balaban J connectivity index is 1.63. The Hall–Kier alpha value is -3.99. The van der Waals surface area contributed by atoms with Gasteiger partial charge in [-0.25, -0.2) is 10.1 Å². The SMILES string of the molecule is COc1cc(/C=N/NC(=O)c2cc(N)n(CC(O)c3ccccc3)n2)ccc1OC(F)F. The molecule has 3 rings (SSSR count). The normalized spacial score (nSPS) is 12.2. The van der Waals surface area contributed by atoms with Gasteiger partial charge < -0.3 is 20.3 Å². The molecule has 4 N–H and O–H groups in total. The van der Waals surface area contributed by atoms with Gasteiger partial charge in [0.15, 0.2) is 17.2 Å². The van der Waals surface area contributed by atoms with Crippen LogP contribution < -0.4 is 20.6 Å². The zero-order valence-electron chi connectivity index (χ0n) is 17.0. The highest BCUT2D eigenvalue weighted by Gasteiger charge is 2.16. The third-order valence-corrected chi connectivity index (χ3v) is 4.36. The Labute approximate surface area is 182 Å². The minimum atomic E-state index is -2.98. The zero-order chi connectivity index (χ0) is 23.1. The Morgan fingerprint density at radius 1 is 1.25 bits per heavy atom. The average Bonchev–Trinajstić information content (AvgIpc) is 3.15. The summed E-state index contributed by atoms with van der Waals surface area (Å²) in [6.07, 6.45) is 0.450. The number of carbonyl (C=O) groups is 1. The van der Waals surface area contributed by atoms with E-state index in [4.69, 9.17) is 10.5 Å². The molecule has 168 valence electrons. The fourth-order valence-electron chi connectivity index (χ4n) is 2.81. The summed E-state index contributed by atoms with van der Waals surface area (Å²) in [5.41, 5.74) is 9.38. The molecule has 0 bridgehead atoms. The van der Waals surface area contributed by atoms with Gasteiger partial charge in [-0.15, -0.1) is 0 Å². The molecular formula is C21H21F2N5O4. The smallest absolute Gasteiger partial charge is 0.387 e. The summed E-state index contributed by atoms with van der Waals surface area (Å²) >= 11 is 0. The van der Waals surface area contributed by atoms with Crippen LogP contribution in [0.1, 0.15) is 27.7 Å². The number of methoxy groups -OCH3 is 1. The van der Waals surface area contributed by atoms with Crippen molar-refractivity contribution in [2.24, 2.45) is 5.10 Å². The summed E-state index contributed by atoms with van der Waals surface area (Å²) < 4.78 is 35.5. The first-order valence-electron chi connectivity index (χ1n) is 9.40. The van der Waals surface area contributed by atoms with E-state index in [9.17, 15) is 18.7 Å². The van der Waals surface area contributed by atoms with Crippen LogP contribution in [0.25, 0.3) is 0 Å². The standard InChI is InChI=1S/C21H21F2N5O4/c1-31-18-9-13(7-8-17(18)32-21(22)23)11-25-26-20(30)15-10-19(24)28(27-15)12-16(29)14-5-3-2-4-6-14/h2-11,16,21,29H,12,24H2,1H3,(H,26,30)/b25-11+. The van der Waals surface area contributed by atoms with Gasteiger partial charge in [0.2, 0.25) is 0 Å². The third kappa shape index (κ3) is 5.79. The number of ether oxygens (including phenoxy) is 2. The maximum atomic E-state index is 12.4. The first-order chi connectivity index (χ1) is 15.4. The molecule has 0 radical (unpaired) electrons. The van der Waals surface area contributed by atoms with E-state index in [0.717, 1.165) is 0 Å². The number of nitrogen functional groups attached to an aromatic ring is 1.